The summed E-state index contributed by atoms with van der Waals surface area (Å²) < 4.78 is 1.89. The SMILES string of the molecule is CC(=O)N1Cc2cccnc2C(C(=O)NCCCn2ncc3c(Cl)cccc32)C1. The van der Waals surface area contributed by atoms with Gasteiger partial charge in [0.05, 0.1) is 28.3 Å². The number of hydrogen-bond donors (Lipinski definition) is 1. The molecule has 2 amide bonds. The average Bonchev–Trinajstić information content (AvgIpc) is 3.14. The molecule has 1 aliphatic heterocycles. The zero-order valence-electron chi connectivity index (χ0n) is 16.1. The highest BCUT2D eigenvalue weighted by atomic mass is 35.5. The summed E-state index contributed by atoms with van der Waals surface area (Å²) in [7, 11) is 0. The molecule has 4 rings (SSSR count). The Labute approximate surface area is 173 Å². The highest BCUT2D eigenvalue weighted by Crippen LogP contribution is 2.27. The number of hydrogen-bond acceptors (Lipinski definition) is 4. The summed E-state index contributed by atoms with van der Waals surface area (Å²) in [6.07, 6.45) is 4.18. The average molecular weight is 412 g/mol. The maximum absolute atomic E-state index is 12.8. The summed E-state index contributed by atoms with van der Waals surface area (Å²) in [6, 6.07) is 9.48. The first-order chi connectivity index (χ1) is 14.0. The first kappa shape index (κ1) is 19.4. The van der Waals surface area contributed by atoms with Gasteiger partial charge < -0.3 is 10.2 Å². The lowest BCUT2D eigenvalue weighted by Crippen LogP contribution is -2.43. The van der Waals surface area contributed by atoms with Gasteiger partial charge in [-0.25, -0.2) is 0 Å². The Hall–Kier alpha value is -2.93. The van der Waals surface area contributed by atoms with E-state index in [1.165, 1.54) is 6.92 Å². The van der Waals surface area contributed by atoms with Crippen molar-refractivity contribution < 1.29 is 9.59 Å². The van der Waals surface area contributed by atoms with Gasteiger partial charge in [-0.1, -0.05) is 23.7 Å². The van der Waals surface area contributed by atoms with E-state index in [2.05, 4.69) is 15.4 Å². The predicted molar refractivity (Wildman–Crippen MR) is 110 cm³/mol. The molecule has 0 saturated carbocycles. The summed E-state index contributed by atoms with van der Waals surface area (Å²) in [5.41, 5.74) is 2.66. The number of pyridine rings is 1. The standard InChI is InChI=1S/C21H22ClN5O2/c1-14(28)26-12-15-5-3-8-23-20(15)17(13-26)21(29)24-9-4-10-27-19-7-2-6-18(22)16(19)11-25-27/h2-3,5-8,11,17H,4,9-10,12-13H2,1H3,(H,24,29). The fourth-order valence-electron chi connectivity index (χ4n) is 3.73. The molecule has 3 aromatic rings. The lowest BCUT2D eigenvalue weighted by Gasteiger charge is -2.32. The van der Waals surface area contributed by atoms with Gasteiger partial charge in [0.1, 0.15) is 0 Å². The molecule has 0 saturated heterocycles. The Morgan fingerprint density at radius 3 is 2.97 bits per heavy atom. The third kappa shape index (κ3) is 3.96. The molecule has 1 atom stereocenters. The Morgan fingerprint density at radius 1 is 1.28 bits per heavy atom. The predicted octanol–water partition coefficient (Wildman–Crippen LogP) is 2.74. The van der Waals surface area contributed by atoms with Crippen molar-refractivity contribution in [3.8, 4) is 0 Å². The Kier molecular flexibility index (Phi) is 5.49. The minimum Gasteiger partial charge on any atom is -0.355 e. The minimum absolute atomic E-state index is 0.0403. The molecule has 29 heavy (non-hydrogen) atoms. The van der Waals surface area contributed by atoms with E-state index in [0.717, 1.165) is 28.6 Å². The summed E-state index contributed by atoms with van der Waals surface area (Å²) in [4.78, 5) is 30.8. The molecule has 1 unspecified atom stereocenters. The van der Waals surface area contributed by atoms with E-state index in [4.69, 9.17) is 11.6 Å². The zero-order valence-corrected chi connectivity index (χ0v) is 16.9. The maximum Gasteiger partial charge on any atom is 0.230 e. The molecule has 150 valence electrons. The summed E-state index contributed by atoms with van der Waals surface area (Å²) in [5.74, 6) is -0.598. The number of carbonyl (C=O) groups excluding carboxylic acids is 2. The number of fused-ring (bicyclic) bond motifs is 2. The molecule has 1 aliphatic rings. The van der Waals surface area contributed by atoms with Crippen molar-refractivity contribution in [3.05, 3.63) is 59.0 Å². The topological polar surface area (TPSA) is 80.1 Å². The zero-order chi connectivity index (χ0) is 20.4. The summed E-state index contributed by atoms with van der Waals surface area (Å²) in [6.45, 7) is 3.56. The van der Waals surface area contributed by atoms with E-state index in [0.29, 0.717) is 31.2 Å². The number of aryl methyl sites for hydroxylation is 1. The summed E-state index contributed by atoms with van der Waals surface area (Å²) >= 11 is 6.19. The van der Waals surface area contributed by atoms with E-state index in [-0.39, 0.29) is 11.8 Å². The van der Waals surface area contributed by atoms with Crippen LogP contribution < -0.4 is 5.32 Å². The van der Waals surface area contributed by atoms with Gasteiger partial charge in [0.15, 0.2) is 0 Å². The van der Waals surface area contributed by atoms with Crippen LogP contribution in [0.4, 0.5) is 0 Å². The number of carbonyl (C=O) groups is 2. The molecule has 1 N–H and O–H groups in total. The van der Waals surface area contributed by atoms with Crippen LogP contribution in [0, 0.1) is 0 Å². The Morgan fingerprint density at radius 2 is 2.14 bits per heavy atom. The second kappa shape index (κ2) is 8.21. The lowest BCUT2D eigenvalue weighted by atomic mass is 9.94. The van der Waals surface area contributed by atoms with Crippen molar-refractivity contribution >= 4 is 34.3 Å². The van der Waals surface area contributed by atoms with Crippen LogP contribution >= 0.6 is 11.6 Å². The van der Waals surface area contributed by atoms with Gasteiger partial charge in [-0.05, 0) is 30.2 Å². The van der Waals surface area contributed by atoms with E-state index < -0.39 is 5.92 Å². The molecule has 1 aromatic carbocycles. The van der Waals surface area contributed by atoms with Crippen LogP contribution in [0.15, 0.2) is 42.7 Å². The monoisotopic (exact) mass is 411 g/mol. The molecule has 0 bridgehead atoms. The van der Waals surface area contributed by atoms with E-state index in [1.807, 2.05) is 35.0 Å². The largest absolute Gasteiger partial charge is 0.355 e. The van der Waals surface area contributed by atoms with Crippen molar-refractivity contribution in [2.45, 2.75) is 32.4 Å². The van der Waals surface area contributed by atoms with Crippen molar-refractivity contribution in [3.63, 3.8) is 0 Å². The van der Waals surface area contributed by atoms with E-state index in [1.54, 1.807) is 17.3 Å². The molecule has 0 radical (unpaired) electrons. The number of aromatic nitrogens is 3. The fraction of sp³-hybridized carbons (Fsp3) is 0.333. The third-order valence-corrected chi connectivity index (χ3v) is 5.59. The fourth-order valence-corrected chi connectivity index (χ4v) is 3.95. The molecule has 0 aliphatic carbocycles. The molecular weight excluding hydrogens is 390 g/mol. The Balaban J connectivity index is 1.38. The van der Waals surface area contributed by atoms with Gasteiger partial charge in [0.2, 0.25) is 11.8 Å². The van der Waals surface area contributed by atoms with Crippen LogP contribution in [-0.4, -0.2) is 44.6 Å². The molecule has 2 aromatic heterocycles. The molecule has 0 spiro atoms. The summed E-state index contributed by atoms with van der Waals surface area (Å²) in [5, 5.41) is 8.98. The smallest absolute Gasteiger partial charge is 0.230 e. The number of nitrogens with one attached hydrogen (secondary N) is 1. The van der Waals surface area contributed by atoms with Gasteiger partial charge in [-0.15, -0.1) is 0 Å². The maximum atomic E-state index is 12.8. The number of halogens is 1. The van der Waals surface area contributed by atoms with Crippen LogP contribution in [0.25, 0.3) is 10.9 Å². The van der Waals surface area contributed by atoms with Gasteiger partial charge in [-0.3, -0.25) is 19.3 Å². The Bertz CT molecular complexity index is 1060. The molecule has 8 heteroatoms. The van der Waals surface area contributed by atoms with E-state index >= 15 is 0 Å². The van der Waals surface area contributed by atoms with Crippen molar-refractivity contribution in [1.82, 2.24) is 25.0 Å². The van der Waals surface area contributed by atoms with Crippen LogP contribution in [0.2, 0.25) is 5.02 Å². The van der Waals surface area contributed by atoms with Gasteiger partial charge >= 0.3 is 0 Å². The van der Waals surface area contributed by atoms with Gasteiger partial charge in [-0.2, -0.15) is 5.10 Å². The lowest BCUT2D eigenvalue weighted by molar-refractivity contribution is -0.131. The minimum atomic E-state index is -0.451. The normalized spacial score (nSPS) is 15.9. The first-order valence-corrected chi connectivity index (χ1v) is 9.99. The highest BCUT2D eigenvalue weighted by molar-refractivity contribution is 6.35. The van der Waals surface area contributed by atoms with Gasteiger partial charge in [0, 0.05) is 44.7 Å². The quantitative estimate of drug-likeness (QED) is 0.654. The van der Waals surface area contributed by atoms with E-state index in [9.17, 15) is 9.59 Å². The van der Waals surface area contributed by atoms with Crippen molar-refractivity contribution in [1.29, 1.82) is 0 Å². The second-order valence-electron chi connectivity index (χ2n) is 7.18. The highest BCUT2D eigenvalue weighted by Gasteiger charge is 2.32. The van der Waals surface area contributed by atoms with Gasteiger partial charge in [0.25, 0.3) is 0 Å². The van der Waals surface area contributed by atoms with Crippen LogP contribution in [0.3, 0.4) is 0 Å². The molecule has 7 nitrogen and oxygen atoms in total. The van der Waals surface area contributed by atoms with Crippen molar-refractivity contribution in [2.75, 3.05) is 13.1 Å². The van der Waals surface area contributed by atoms with Crippen LogP contribution in [0.1, 0.15) is 30.5 Å². The number of nitrogens with zero attached hydrogens (tertiary/aromatic N) is 4. The molecule has 0 fully saturated rings. The molecular formula is C21H22ClN5O2. The number of rotatable bonds is 5. The van der Waals surface area contributed by atoms with Crippen molar-refractivity contribution in [2.24, 2.45) is 0 Å². The third-order valence-electron chi connectivity index (χ3n) is 5.26. The van der Waals surface area contributed by atoms with Crippen LogP contribution in [0.5, 0.6) is 0 Å². The first-order valence-electron chi connectivity index (χ1n) is 9.61. The number of amides is 2. The molecule has 3 heterocycles. The number of benzene rings is 1. The second-order valence-corrected chi connectivity index (χ2v) is 7.59. The van der Waals surface area contributed by atoms with Crippen LogP contribution in [-0.2, 0) is 22.7 Å².